The van der Waals surface area contributed by atoms with Crippen molar-refractivity contribution in [2.75, 3.05) is 38.0 Å². The van der Waals surface area contributed by atoms with E-state index in [4.69, 9.17) is 0 Å². The fourth-order valence-electron chi connectivity index (χ4n) is 2.04. The lowest BCUT2D eigenvalue weighted by molar-refractivity contribution is -0.119. The molecule has 0 bridgehead atoms. The molecule has 7 nitrogen and oxygen atoms in total. The van der Waals surface area contributed by atoms with Gasteiger partial charge in [0.1, 0.15) is 5.82 Å². The van der Waals surface area contributed by atoms with E-state index in [0.717, 1.165) is 13.0 Å². The van der Waals surface area contributed by atoms with Gasteiger partial charge in [0, 0.05) is 32.7 Å². The molecule has 21 heavy (non-hydrogen) atoms. The van der Waals surface area contributed by atoms with Crippen LogP contribution < -0.4 is 5.32 Å². The Kier molecular flexibility index (Phi) is 5.08. The van der Waals surface area contributed by atoms with Gasteiger partial charge in [0.2, 0.25) is 6.41 Å². The summed E-state index contributed by atoms with van der Waals surface area (Å²) in [6.07, 6.45) is 0.816. The maximum Gasteiger partial charge on any atom is 0.274 e. The molecule has 0 aromatic carbocycles. The van der Waals surface area contributed by atoms with Crippen molar-refractivity contribution in [1.29, 1.82) is 0 Å². The van der Waals surface area contributed by atoms with Crippen LogP contribution in [0.4, 0.5) is 5.82 Å². The molecule has 2 amide bonds. The van der Waals surface area contributed by atoms with Crippen molar-refractivity contribution >= 4 is 18.1 Å². The van der Waals surface area contributed by atoms with Crippen LogP contribution in [0.25, 0.3) is 0 Å². The van der Waals surface area contributed by atoms with Crippen molar-refractivity contribution < 1.29 is 9.59 Å². The maximum atomic E-state index is 12.3. The highest BCUT2D eigenvalue weighted by Gasteiger charge is 2.22. The van der Waals surface area contributed by atoms with Gasteiger partial charge in [-0.1, -0.05) is 13.8 Å². The molecule has 0 radical (unpaired) electrons. The van der Waals surface area contributed by atoms with E-state index in [9.17, 15) is 9.59 Å². The molecular weight excluding hydrogens is 270 g/mol. The first kappa shape index (κ1) is 15.2. The Morgan fingerprint density at radius 2 is 2.00 bits per heavy atom. The lowest BCUT2D eigenvalue weighted by Gasteiger charge is -2.32. The topological polar surface area (TPSA) is 78.4 Å². The number of rotatable bonds is 5. The van der Waals surface area contributed by atoms with Gasteiger partial charge in [-0.05, 0) is 18.1 Å². The Bertz CT molecular complexity index is 481. The number of aromatic nitrogens is 2. The zero-order valence-corrected chi connectivity index (χ0v) is 12.5. The third-order valence-electron chi connectivity index (χ3n) is 3.33. The number of carbonyl (C=O) groups is 2. The average Bonchev–Trinajstić information content (AvgIpc) is 2.53. The van der Waals surface area contributed by atoms with E-state index in [2.05, 4.69) is 29.4 Å². The lowest BCUT2D eigenvalue weighted by atomic mass is 10.2. The number of anilines is 1. The molecule has 1 aromatic rings. The van der Waals surface area contributed by atoms with Gasteiger partial charge >= 0.3 is 0 Å². The highest BCUT2D eigenvalue weighted by Crippen LogP contribution is 2.08. The number of piperazine rings is 1. The van der Waals surface area contributed by atoms with Crippen LogP contribution in [0.1, 0.15) is 24.3 Å². The number of nitrogens with zero attached hydrogens (tertiary/aromatic N) is 4. The summed E-state index contributed by atoms with van der Waals surface area (Å²) in [6, 6.07) is 3.45. The van der Waals surface area contributed by atoms with Crippen LogP contribution in [0.5, 0.6) is 0 Å². The predicted molar refractivity (Wildman–Crippen MR) is 78.9 cm³/mol. The van der Waals surface area contributed by atoms with Gasteiger partial charge in [0.05, 0.1) is 0 Å². The van der Waals surface area contributed by atoms with E-state index in [1.54, 1.807) is 21.9 Å². The van der Waals surface area contributed by atoms with Gasteiger partial charge in [-0.3, -0.25) is 9.59 Å². The first-order valence-corrected chi connectivity index (χ1v) is 7.16. The molecular formula is C14H21N5O2. The highest BCUT2D eigenvalue weighted by molar-refractivity contribution is 5.92. The van der Waals surface area contributed by atoms with E-state index >= 15 is 0 Å². The maximum absolute atomic E-state index is 12.3. The Morgan fingerprint density at radius 3 is 2.52 bits per heavy atom. The summed E-state index contributed by atoms with van der Waals surface area (Å²) in [5, 5.41) is 11.2. The molecule has 1 N–H and O–H groups in total. The van der Waals surface area contributed by atoms with E-state index < -0.39 is 0 Å². The molecule has 2 rings (SSSR count). The van der Waals surface area contributed by atoms with E-state index in [-0.39, 0.29) is 5.91 Å². The largest absolute Gasteiger partial charge is 0.368 e. The molecule has 1 aliphatic rings. The van der Waals surface area contributed by atoms with Crippen molar-refractivity contribution in [3.8, 4) is 0 Å². The summed E-state index contributed by atoms with van der Waals surface area (Å²) in [6.45, 7) is 7.23. The summed E-state index contributed by atoms with van der Waals surface area (Å²) in [5.41, 5.74) is 0.338. The van der Waals surface area contributed by atoms with Crippen molar-refractivity contribution in [2.24, 2.45) is 5.92 Å². The molecule has 7 heteroatoms. The van der Waals surface area contributed by atoms with Crippen molar-refractivity contribution in [3.63, 3.8) is 0 Å². The van der Waals surface area contributed by atoms with Gasteiger partial charge in [-0.2, -0.15) is 0 Å². The molecule has 0 saturated carbocycles. The fraction of sp³-hybridized carbons (Fsp3) is 0.571. The van der Waals surface area contributed by atoms with Gasteiger partial charge in [0.25, 0.3) is 5.91 Å². The zero-order valence-electron chi connectivity index (χ0n) is 12.5. The Labute approximate surface area is 124 Å². The number of hydrogen-bond acceptors (Lipinski definition) is 5. The fourth-order valence-corrected chi connectivity index (χ4v) is 2.04. The molecule has 1 saturated heterocycles. The smallest absolute Gasteiger partial charge is 0.274 e. The van der Waals surface area contributed by atoms with Crippen LogP contribution >= 0.6 is 0 Å². The molecule has 1 aromatic heterocycles. The molecule has 2 heterocycles. The van der Waals surface area contributed by atoms with Crippen LogP contribution in [0, 0.1) is 5.92 Å². The monoisotopic (exact) mass is 291 g/mol. The van der Waals surface area contributed by atoms with E-state index in [0.29, 0.717) is 43.6 Å². The third kappa shape index (κ3) is 4.14. The summed E-state index contributed by atoms with van der Waals surface area (Å²) in [7, 11) is 0. The third-order valence-corrected chi connectivity index (χ3v) is 3.33. The summed E-state index contributed by atoms with van der Waals surface area (Å²) in [5.74, 6) is 1.05. The number of amides is 2. The minimum absolute atomic E-state index is 0.136. The summed E-state index contributed by atoms with van der Waals surface area (Å²) < 4.78 is 0. The minimum atomic E-state index is -0.136. The molecule has 0 atom stereocenters. The average molecular weight is 291 g/mol. The molecule has 114 valence electrons. The first-order chi connectivity index (χ1) is 10.1. The highest BCUT2D eigenvalue weighted by atomic mass is 16.2. The molecule has 0 aliphatic carbocycles. The van der Waals surface area contributed by atoms with Crippen LogP contribution in [-0.4, -0.2) is 65.0 Å². The van der Waals surface area contributed by atoms with Crippen molar-refractivity contribution in [1.82, 2.24) is 20.0 Å². The Hall–Kier alpha value is -2.18. The quantitative estimate of drug-likeness (QED) is 0.797. The molecule has 1 fully saturated rings. The van der Waals surface area contributed by atoms with Crippen molar-refractivity contribution in [2.45, 2.75) is 13.8 Å². The van der Waals surface area contributed by atoms with Gasteiger partial charge in [0.15, 0.2) is 5.69 Å². The number of hydrogen-bond donors (Lipinski definition) is 1. The van der Waals surface area contributed by atoms with Gasteiger partial charge in [-0.25, -0.2) is 0 Å². The van der Waals surface area contributed by atoms with E-state index in [1.165, 1.54) is 0 Å². The Balaban J connectivity index is 1.92. The van der Waals surface area contributed by atoms with E-state index in [1.807, 2.05) is 0 Å². The molecule has 0 unspecified atom stereocenters. The van der Waals surface area contributed by atoms with Gasteiger partial charge in [-0.15, -0.1) is 10.2 Å². The molecule has 1 aliphatic heterocycles. The number of nitrogens with one attached hydrogen (secondary N) is 1. The minimum Gasteiger partial charge on any atom is -0.368 e. The SMILES string of the molecule is CC(C)CNc1ccc(C(=O)N2CCN(C=O)CC2)nn1. The van der Waals surface area contributed by atoms with Crippen LogP contribution in [0.2, 0.25) is 0 Å². The second-order valence-corrected chi connectivity index (χ2v) is 5.51. The van der Waals surface area contributed by atoms with Crippen LogP contribution in [0.15, 0.2) is 12.1 Å². The zero-order chi connectivity index (χ0) is 15.2. The molecule has 0 spiro atoms. The Morgan fingerprint density at radius 1 is 1.29 bits per heavy atom. The lowest BCUT2D eigenvalue weighted by Crippen LogP contribution is -2.48. The van der Waals surface area contributed by atoms with Gasteiger partial charge < -0.3 is 15.1 Å². The first-order valence-electron chi connectivity index (χ1n) is 7.16. The standard InChI is InChI=1S/C14H21N5O2/c1-11(2)9-15-13-4-3-12(16-17-13)14(21)19-7-5-18(10-20)6-8-19/h3-4,10-11H,5-9H2,1-2H3,(H,15,17). The normalized spacial score (nSPS) is 15.2. The number of carbonyl (C=O) groups excluding carboxylic acids is 2. The second-order valence-electron chi connectivity index (χ2n) is 5.51. The van der Waals surface area contributed by atoms with Crippen molar-refractivity contribution in [3.05, 3.63) is 17.8 Å². The second kappa shape index (κ2) is 7.01. The predicted octanol–water partition coefficient (Wildman–Crippen LogP) is 0.459. The van der Waals surface area contributed by atoms with Crippen LogP contribution in [-0.2, 0) is 4.79 Å². The summed E-state index contributed by atoms with van der Waals surface area (Å²) >= 11 is 0. The van der Waals surface area contributed by atoms with Crippen LogP contribution in [0.3, 0.4) is 0 Å². The summed E-state index contributed by atoms with van der Waals surface area (Å²) in [4.78, 5) is 26.3.